The summed E-state index contributed by atoms with van der Waals surface area (Å²) in [5.41, 5.74) is -0.220. The second-order valence-corrected chi connectivity index (χ2v) is 10.2. The first kappa shape index (κ1) is 22.2. The molecule has 1 aromatic carbocycles. The zero-order chi connectivity index (χ0) is 24.4. The summed E-state index contributed by atoms with van der Waals surface area (Å²) in [6.45, 7) is 4.22. The van der Waals surface area contributed by atoms with Crippen molar-refractivity contribution in [2.24, 2.45) is 5.41 Å². The number of hydrogen-bond donors (Lipinski definition) is 3. The first-order valence-electron chi connectivity index (χ1n) is 11.5. The van der Waals surface area contributed by atoms with Gasteiger partial charge in [-0.25, -0.2) is 4.98 Å². The van der Waals surface area contributed by atoms with Crippen molar-refractivity contribution < 1.29 is 14.3 Å². The fourth-order valence-electron chi connectivity index (χ4n) is 4.54. The minimum atomic E-state index is -0.689. The van der Waals surface area contributed by atoms with Crippen LogP contribution in [0.2, 0.25) is 0 Å². The van der Waals surface area contributed by atoms with E-state index in [0.29, 0.717) is 5.92 Å². The molecule has 3 N–H and O–H groups in total. The smallest absolute Gasteiger partial charge is 0.275 e. The number of nitrogens with zero attached hydrogens (tertiary/aromatic N) is 2. The fraction of sp³-hybridized carbons (Fsp3) is 0.440. The lowest BCUT2D eigenvalue weighted by atomic mass is 9.73. The number of hydrogen-bond acceptors (Lipinski definition) is 8. The molecule has 3 aromatic rings. The molecular formula is C25H28N4O5. The Morgan fingerprint density at radius 1 is 1.21 bits per heavy atom. The molecule has 9 nitrogen and oxygen atoms in total. The Bertz CT molecular complexity index is 1360. The largest absolute Gasteiger partial charge is 0.504 e. The van der Waals surface area contributed by atoms with E-state index in [1.807, 2.05) is 0 Å². The Kier molecular flexibility index (Phi) is 5.03. The maximum absolute atomic E-state index is 12.6. The van der Waals surface area contributed by atoms with E-state index >= 15 is 0 Å². The van der Waals surface area contributed by atoms with Gasteiger partial charge in [-0.15, -0.1) is 0 Å². The topological polar surface area (TPSA) is 125 Å². The van der Waals surface area contributed by atoms with Crippen LogP contribution in [0.25, 0.3) is 0 Å². The van der Waals surface area contributed by atoms with Crippen LogP contribution in [0.1, 0.15) is 72.6 Å². The van der Waals surface area contributed by atoms with Crippen LogP contribution >= 0.6 is 0 Å². The molecule has 2 aliphatic carbocycles. The van der Waals surface area contributed by atoms with Gasteiger partial charge in [-0.05, 0) is 48.8 Å². The highest BCUT2D eigenvalue weighted by Crippen LogP contribution is 2.50. The number of aromatic hydroxyl groups is 1. The summed E-state index contributed by atoms with van der Waals surface area (Å²) in [7, 11) is 3.09. The summed E-state index contributed by atoms with van der Waals surface area (Å²) in [5, 5.41) is 16.7. The van der Waals surface area contributed by atoms with Crippen LogP contribution in [0.3, 0.4) is 0 Å². The van der Waals surface area contributed by atoms with Crippen molar-refractivity contribution in [2.75, 3.05) is 24.7 Å². The monoisotopic (exact) mass is 464 g/mol. The lowest BCUT2D eigenvalue weighted by Gasteiger charge is -2.38. The molecule has 0 unspecified atom stereocenters. The van der Waals surface area contributed by atoms with E-state index in [4.69, 9.17) is 4.42 Å². The van der Waals surface area contributed by atoms with Gasteiger partial charge in [-0.1, -0.05) is 13.8 Å². The lowest BCUT2D eigenvalue weighted by molar-refractivity contribution is 0.0819. The average molecular weight is 465 g/mol. The predicted octanol–water partition coefficient (Wildman–Crippen LogP) is 3.42. The summed E-state index contributed by atoms with van der Waals surface area (Å²) in [6.07, 6.45) is 5.43. The molecule has 0 spiro atoms. The van der Waals surface area contributed by atoms with E-state index < -0.39 is 16.8 Å². The van der Waals surface area contributed by atoms with E-state index in [2.05, 4.69) is 35.5 Å². The highest BCUT2D eigenvalue weighted by molar-refractivity contribution is 5.97. The summed E-state index contributed by atoms with van der Waals surface area (Å²) in [5.74, 6) is 1.43. The minimum Gasteiger partial charge on any atom is -0.504 e. The number of carbonyl (C=O) groups is 1. The van der Waals surface area contributed by atoms with E-state index in [1.165, 1.54) is 17.2 Å². The summed E-state index contributed by atoms with van der Waals surface area (Å²) in [4.78, 5) is 42.5. The predicted molar refractivity (Wildman–Crippen MR) is 128 cm³/mol. The molecule has 2 heterocycles. The molecule has 1 saturated carbocycles. The van der Waals surface area contributed by atoms with Crippen molar-refractivity contribution >= 4 is 23.0 Å². The minimum absolute atomic E-state index is 0.0478. The normalized spacial score (nSPS) is 19.0. The molecular weight excluding hydrogens is 436 g/mol. The number of amides is 1. The number of aryl methyl sites for hydroxylation is 1. The Hall–Kier alpha value is -3.62. The van der Waals surface area contributed by atoms with Gasteiger partial charge in [0.1, 0.15) is 22.9 Å². The Labute approximate surface area is 196 Å². The van der Waals surface area contributed by atoms with Gasteiger partial charge < -0.3 is 25.1 Å². The van der Waals surface area contributed by atoms with Gasteiger partial charge >= 0.3 is 0 Å². The zero-order valence-corrected chi connectivity index (χ0v) is 19.7. The van der Waals surface area contributed by atoms with Crippen molar-refractivity contribution in [3.8, 4) is 5.75 Å². The van der Waals surface area contributed by atoms with E-state index in [-0.39, 0.29) is 40.0 Å². The quantitative estimate of drug-likeness (QED) is 0.474. The van der Waals surface area contributed by atoms with Gasteiger partial charge in [0.25, 0.3) is 16.8 Å². The highest BCUT2D eigenvalue weighted by Gasteiger charge is 2.42. The SMILES string of the molecule is CN(C)C(=O)c1nccc(Nc2c(N[C@@H]3c4oc(C5CC5)cc4CCC3(C)C)c(=O)c2=O)c1O. The molecule has 34 heavy (non-hydrogen) atoms. The molecule has 1 amide bonds. The van der Waals surface area contributed by atoms with Crippen molar-refractivity contribution in [2.45, 2.75) is 51.5 Å². The first-order valence-corrected chi connectivity index (χ1v) is 11.5. The molecule has 0 aliphatic heterocycles. The van der Waals surface area contributed by atoms with Gasteiger partial charge in [0.15, 0.2) is 11.4 Å². The third-order valence-electron chi connectivity index (χ3n) is 6.91. The number of furan rings is 1. The zero-order valence-electron chi connectivity index (χ0n) is 19.7. The van der Waals surface area contributed by atoms with Crippen LogP contribution in [0.4, 0.5) is 17.1 Å². The van der Waals surface area contributed by atoms with Crippen LogP contribution in [0, 0.1) is 5.41 Å². The molecule has 2 aromatic heterocycles. The molecule has 9 heteroatoms. The van der Waals surface area contributed by atoms with Crippen LogP contribution in [0.5, 0.6) is 5.75 Å². The Morgan fingerprint density at radius 2 is 1.91 bits per heavy atom. The molecule has 1 atom stereocenters. The number of nitrogens with one attached hydrogen (secondary N) is 2. The lowest BCUT2D eigenvalue weighted by Crippen LogP contribution is -2.41. The molecule has 0 bridgehead atoms. The summed E-state index contributed by atoms with van der Waals surface area (Å²) < 4.78 is 6.25. The second kappa shape index (κ2) is 7.72. The fourth-order valence-corrected chi connectivity index (χ4v) is 4.54. The summed E-state index contributed by atoms with van der Waals surface area (Å²) >= 11 is 0. The third-order valence-corrected chi connectivity index (χ3v) is 6.91. The standard InChI is InChI=1S/C25H28N4O5/c1-25(2)9-7-13-11-15(12-5-6-12)34-22(13)23(25)28-17-16(20(31)21(17)32)27-14-8-10-26-18(19(14)30)24(33)29(3)4/h8,10-12,23,28,30H,5-7,9H2,1-4H3,(H,26,27)/t23-/m1/s1. The van der Waals surface area contributed by atoms with Crippen LogP contribution < -0.4 is 21.5 Å². The van der Waals surface area contributed by atoms with Gasteiger partial charge in [-0.2, -0.15) is 0 Å². The van der Waals surface area contributed by atoms with Crippen LogP contribution in [-0.2, 0) is 6.42 Å². The molecule has 1 fully saturated rings. The summed E-state index contributed by atoms with van der Waals surface area (Å²) in [6, 6.07) is 3.29. The van der Waals surface area contributed by atoms with Crippen molar-refractivity contribution in [1.82, 2.24) is 9.88 Å². The van der Waals surface area contributed by atoms with Gasteiger partial charge in [0.05, 0.1) is 11.7 Å². The number of anilines is 3. The van der Waals surface area contributed by atoms with E-state index in [9.17, 15) is 19.5 Å². The van der Waals surface area contributed by atoms with Crippen molar-refractivity contribution in [3.05, 3.63) is 61.6 Å². The number of fused-ring (bicyclic) bond motifs is 1. The molecule has 0 saturated heterocycles. The number of aromatic nitrogens is 1. The molecule has 2 aliphatic rings. The third kappa shape index (κ3) is 3.55. The van der Waals surface area contributed by atoms with Crippen LogP contribution in [-0.4, -0.2) is 35.0 Å². The highest BCUT2D eigenvalue weighted by atomic mass is 16.3. The van der Waals surface area contributed by atoms with Gasteiger partial charge in [-0.3, -0.25) is 14.4 Å². The van der Waals surface area contributed by atoms with E-state index in [1.54, 1.807) is 14.1 Å². The van der Waals surface area contributed by atoms with E-state index in [0.717, 1.165) is 42.8 Å². The molecule has 0 radical (unpaired) electrons. The number of rotatable bonds is 6. The van der Waals surface area contributed by atoms with Gasteiger partial charge in [0.2, 0.25) is 0 Å². The Balaban J connectivity index is 1.47. The van der Waals surface area contributed by atoms with Crippen LogP contribution in [0.15, 0.2) is 32.3 Å². The maximum Gasteiger partial charge on any atom is 0.275 e. The maximum atomic E-state index is 12.6. The second-order valence-electron chi connectivity index (χ2n) is 10.2. The Morgan fingerprint density at radius 3 is 2.59 bits per heavy atom. The molecule has 178 valence electrons. The molecule has 5 rings (SSSR count). The van der Waals surface area contributed by atoms with Gasteiger partial charge in [0, 0.05) is 26.2 Å². The first-order chi connectivity index (χ1) is 16.1. The van der Waals surface area contributed by atoms with Crippen molar-refractivity contribution in [1.29, 1.82) is 0 Å². The van der Waals surface area contributed by atoms with Crippen molar-refractivity contribution in [3.63, 3.8) is 0 Å². The number of pyridine rings is 1. The average Bonchev–Trinajstić information content (AvgIpc) is 3.56. The number of carbonyl (C=O) groups excluding carboxylic acids is 1.